The van der Waals surface area contributed by atoms with E-state index in [-0.39, 0.29) is 0 Å². The molecule has 14 rings (SSSR count). The van der Waals surface area contributed by atoms with E-state index in [1.807, 2.05) is 12.1 Å². The molecule has 0 aliphatic rings. The summed E-state index contributed by atoms with van der Waals surface area (Å²) in [5.74, 6) is 0. The van der Waals surface area contributed by atoms with E-state index in [4.69, 9.17) is 4.42 Å². The van der Waals surface area contributed by atoms with Gasteiger partial charge < -0.3 is 13.9 Å². The van der Waals surface area contributed by atoms with Crippen molar-refractivity contribution in [3.8, 4) is 72.4 Å². The van der Waals surface area contributed by atoms with Gasteiger partial charge in [-0.15, -0.1) is 0 Å². The van der Waals surface area contributed by atoms with Crippen LogP contribution in [0.25, 0.3) is 116 Å². The Morgan fingerprint density at radius 3 is 1.13 bits per heavy atom. The summed E-state index contributed by atoms with van der Waals surface area (Å²) in [4.78, 5) is 2.36. The second-order valence-corrected chi connectivity index (χ2v) is 19.2. The molecule has 2 heterocycles. The predicted octanol–water partition coefficient (Wildman–Crippen LogP) is 20.2. The van der Waals surface area contributed by atoms with Crippen molar-refractivity contribution in [3.05, 3.63) is 291 Å². The molecule has 0 saturated heterocycles. The van der Waals surface area contributed by atoms with E-state index in [0.717, 1.165) is 72.5 Å². The highest BCUT2D eigenvalue weighted by Gasteiger charge is 2.19. The molecular formula is C72H48N2O. The number of fused-ring (bicyclic) bond motifs is 6. The third-order valence-electron chi connectivity index (χ3n) is 14.9. The van der Waals surface area contributed by atoms with Crippen LogP contribution in [0.3, 0.4) is 0 Å². The zero-order valence-electron chi connectivity index (χ0n) is 41.0. The van der Waals surface area contributed by atoms with Crippen LogP contribution >= 0.6 is 0 Å². The van der Waals surface area contributed by atoms with Crippen LogP contribution in [0.5, 0.6) is 0 Å². The summed E-state index contributed by atoms with van der Waals surface area (Å²) in [7, 11) is 0. The van der Waals surface area contributed by atoms with Crippen molar-refractivity contribution in [2.45, 2.75) is 0 Å². The van der Waals surface area contributed by atoms with Gasteiger partial charge in [0.1, 0.15) is 11.2 Å². The van der Waals surface area contributed by atoms with Crippen molar-refractivity contribution >= 4 is 60.8 Å². The molecule has 0 atom stereocenters. The second-order valence-electron chi connectivity index (χ2n) is 19.2. The Labute approximate surface area is 436 Å². The molecule has 0 aliphatic carbocycles. The Balaban J connectivity index is 0.832. The lowest BCUT2D eigenvalue weighted by Crippen LogP contribution is -2.09. The summed E-state index contributed by atoms with van der Waals surface area (Å²) < 4.78 is 8.67. The fraction of sp³-hybridized carbons (Fsp3) is 0. The van der Waals surface area contributed by atoms with Crippen molar-refractivity contribution in [2.75, 3.05) is 4.90 Å². The smallest absolute Gasteiger partial charge is 0.136 e. The van der Waals surface area contributed by atoms with Gasteiger partial charge in [0.05, 0.1) is 11.0 Å². The van der Waals surface area contributed by atoms with Gasteiger partial charge in [0, 0.05) is 44.3 Å². The molecule has 12 aromatic carbocycles. The first-order valence-electron chi connectivity index (χ1n) is 25.7. The number of benzene rings is 12. The Bertz CT molecular complexity index is 4320. The molecule has 3 nitrogen and oxygen atoms in total. The number of anilines is 3. The molecule has 2 aromatic heterocycles. The van der Waals surface area contributed by atoms with Crippen LogP contribution in [0.1, 0.15) is 0 Å². The summed E-state index contributed by atoms with van der Waals surface area (Å²) in [6.45, 7) is 0. The maximum Gasteiger partial charge on any atom is 0.136 e. The number of para-hydroxylation sites is 3. The molecule has 0 saturated carbocycles. The van der Waals surface area contributed by atoms with Gasteiger partial charge in [0.2, 0.25) is 0 Å². The van der Waals surface area contributed by atoms with Gasteiger partial charge in [-0.1, -0.05) is 218 Å². The van der Waals surface area contributed by atoms with E-state index in [9.17, 15) is 0 Å². The van der Waals surface area contributed by atoms with E-state index in [1.165, 1.54) is 60.8 Å². The summed E-state index contributed by atoms with van der Waals surface area (Å²) in [6.07, 6.45) is 0. The first kappa shape index (κ1) is 43.8. The van der Waals surface area contributed by atoms with Crippen molar-refractivity contribution in [2.24, 2.45) is 0 Å². The first-order valence-corrected chi connectivity index (χ1v) is 25.7. The Kier molecular flexibility index (Phi) is 10.8. The second kappa shape index (κ2) is 18.6. The molecule has 0 bridgehead atoms. The van der Waals surface area contributed by atoms with Crippen LogP contribution in [0, 0.1) is 0 Å². The third kappa shape index (κ3) is 7.78. The molecule has 3 heteroatoms. The lowest BCUT2D eigenvalue weighted by atomic mass is 9.87. The third-order valence-corrected chi connectivity index (χ3v) is 14.9. The van der Waals surface area contributed by atoms with Crippen molar-refractivity contribution in [1.29, 1.82) is 0 Å². The summed E-state index contributed by atoms with van der Waals surface area (Å²) in [6, 6.07) is 105. The minimum Gasteiger partial charge on any atom is -0.456 e. The van der Waals surface area contributed by atoms with Crippen LogP contribution in [0.15, 0.2) is 296 Å². The fourth-order valence-corrected chi connectivity index (χ4v) is 11.4. The molecule has 0 spiro atoms. The molecule has 0 aliphatic heterocycles. The largest absolute Gasteiger partial charge is 0.456 e. The van der Waals surface area contributed by atoms with Gasteiger partial charge in [-0.05, 0) is 140 Å². The van der Waals surface area contributed by atoms with Crippen LogP contribution in [0.2, 0.25) is 0 Å². The quantitative estimate of drug-likeness (QED) is 0.136. The molecule has 75 heavy (non-hydrogen) atoms. The van der Waals surface area contributed by atoms with Gasteiger partial charge in [-0.25, -0.2) is 0 Å². The monoisotopic (exact) mass is 956 g/mol. The van der Waals surface area contributed by atoms with Crippen LogP contribution in [-0.2, 0) is 0 Å². The maximum atomic E-state index is 6.30. The lowest BCUT2D eigenvalue weighted by Gasteiger charge is -2.26. The molecule has 0 unspecified atom stereocenters. The van der Waals surface area contributed by atoms with Crippen LogP contribution in [0.4, 0.5) is 17.1 Å². The highest BCUT2D eigenvalue weighted by atomic mass is 16.3. The van der Waals surface area contributed by atoms with Gasteiger partial charge in [-0.3, -0.25) is 0 Å². The average molecular weight is 957 g/mol. The van der Waals surface area contributed by atoms with Gasteiger partial charge in [0.25, 0.3) is 0 Å². The number of aromatic nitrogens is 1. The number of rotatable bonds is 10. The number of hydrogen-bond donors (Lipinski definition) is 0. The summed E-state index contributed by atoms with van der Waals surface area (Å²) >= 11 is 0. The SMILES string of the molecule is c1ccc(-c2ccccc2-c2ccccc2-c2ccccc2-c2ccc(N(c3ccc(-c4ccc(-n5c6ccccc6c6ccccc65)cc4)cc3)c3ccc(-c4cccc5oc6ccccc6c45)cc3)cc2)cc1. The molecular weight excluding hydrogens is 909 g/mol. The van der Waals surface area contributed by atoms with E-state index in [1.54, 1.807) is 0 Å². The molecule has 0 amide bonds. The van der Waals surface area contributed by atoms with E-state index >= 15 is 0 Å². The normalized spacial score (nSPS) is 11.5. The minimum absolute atomic E-state index is 0.892. The Morgan fingerprint density at radius 2 is 0.600 bits per heavy atom. The van der Waals surface area contributed by atoms with Gasteiger partial charge >= 0.3 is 0 Å². The Hall–Kier alpha value is -9.96. The molecule has 0 N–H and O–H groups in total. The minimum atomic E-state index is 0.892. The van der Waals surface area contributed by atoms with Crippen LogP contribution in [-0.4, -0.2) is 4.57 Å². The average Bonchev–Trinajstić information content (AvgIpc) is 4.06. The van der Waals surface area contributed by atoms with Crippen molar-refractivity contribution in [3.63, 3.8) is 0 Å². The van der Waals surface area contributed by atoms with E-state index < -0.39 is 0 Å². The summed E-state index contributed by atoms with van der Waals surface area (Å²) in [5, 5.41) is 4.78. The molecule has 352 valence electrons. The highest BCUT2D eigenvalue weighted by Crippen LogP contribution is 2.44. The molecule has 0 radical (unpaired) electrons. The lowest BCUT2D eigenvalue weighted by molar-refractivity contribution is 0.669. The van der Waals surface area contributed by atoms with Crippen LogP contribution < -0.4 is 4.90 Å². The van der Waals surface area contributed by atoms with Crippen molar-refractivity contribution in [1.82, 2.24) is 4.57 Å². The zero-order chi connectivity index (χ0) is 49.7. The number of hydrogen-bond acceptors (Lipinski definition) is 2. The standard InChI is InChI=1S/C72H48N2O/c1-2-17-51(18-3-1)58-19-4-6-21-61(58)63-23-8-9-24-64(63)62-22-7-5-20-59(62)52-37-45-55(46-38-52)73(56-47-39-53(40-48-56)60-28-16-32-71-72(60)67-27-12-15-31-70(67)75-71)54-41-33-49(34-42-54)50-35-43-57(44-36-50)74-68-29-13-10-25-65(68)66-26-11-14-30-69(66)74/h1-48H. The van der Waals surface area contributed by atoms with Gasteiger partial charge in [-0.2, -0.15) is 0 Å². The van der Waals surface area contributed by atoms with Crippen molar-refractivity contribution < 1.29 is 4.42 Å². The topological polar surface area (TPSA) is 21.3 Å². The molecule has 14 aromatic rings. The molecule has 0 fully saturated rings. The zero-order valence-corrected chi connectivity index (χ0v) is 41.0. The maximum absolute atomic E-state index is 6.30. The number of furan rings is 1. The van der Waals surface area contributed by atoms with Gasteiger partial charge in [0.15, 0.2) is 0 Å². The van der Waals surface area contributed by atoms with E-state index in [2.05, 4.69) is 289 Å². The Morgan fingerprint density at radius 1 is 0.240 bits per heavy atom. The van der Waals surface area contributed by atoms with E-state index in [0.29, 0.717) is 0 Å². The summed E-state index contributed by atoms with van der Waals surface area (Å²) in [5.41, 5.74) is 22.7. The predicted molar refractivity (Wildman–Crippen MR) is 315 cm³/mol. The highest BCUT2D eigenvalue weighted by molar-refractivity contribution is 6.12. The fourth-order valence-electron chi connectivity index (χ4n) is 11.4. The number of nitrogens with zero attached hydrogens (tertiary/aromatic N) is 2. The first-order chi connectivity index (χ1) is 37.2.